The van der Waals surface area contributed by atoms with Crippen LogP contribution in [0.15, 0.2) is 0 Å². The second-order valence-electron chi connectivity index (χ2n) is 4.38. The molecule has 96 valence electrons. The van der Waals surface area contributed by atoms with Crippen LogP contribution in [0.25, 0.3) is 0 Å². The van der Waals surface area contributed by atoms with Crippen molar-refractivity contribution in [1.82, 2.24) is 0 Å². The van der Waals surface area contributed by atoms with Gasteiger partial charge in [-0.15, -0.1) is 0 Å². The average Bonchev–Trinajstić information content (AvgIpc) is 2.28. The zero-order chi connectivity index (χ0) is 12.4. The third kappa shape index (κ3) is 6.83. The van der Waals surface area contributed by atoms with Gasteiger partial charge in [0.05, 0.1) is 13.7 Å². The Bertz CT molecular complexity index is 180. The molecule has 2 unspecified atom stereocenters. The largest absolute Gasteiger partial charge is 0.467 e. The number of rotatable bonds is 9. The van der Waals surface area contributed by atoms with Gasteiger partial charge in [-0.25, -0.2) is 4.79 Å². The number of esters is 1. The maximum Gasteiger partial charge on any atom is 0.334 e. The second kappa shape index (κ2) is 9.64. The fourth-order valence-corrected chi connectivity index (χ4v) is 1.65. The molecular formula is C13H26O3. The molecule has 0 aliphatic heterocycles. The number of carbonyl (C=O) groups excluding carboxylic acids is 1. The Morgan fingerprint density at radius 3 is 2.38 bits per heavy atom. The van der Waals surface area contributed by atoms with Crippen molar-refractivity contribution >= 4 is 5.97 Å². The minimum atomic E-state index is -0.371. The van der Waals surface area contributed by atoms with Crippen LogP contribution in [0.1, 0.15) is 52.9 Å². The van der Waals surface area contributed by atoms with Crippen molar-refractivity contribution in [2.75, 3.05) is 13.7 Å². The molecule has 0 saturated heterocycles. The maximum absolute atomic E-state index is 11.4. The third-order valence-corrected chi connectivity index (χ3v) is 2.65. The SMILES string of the molecule is CCCCC(OCC(C)CCC)C(=O)OC. The number of hydrogen-bond donors (Lipinski definition) is 0. The molecule has 0 aromatic carbocycles. The molecule has 0 N–H and O–H groups in total. The van der Waals surface area contributed by atoms with Crippen LogP contribution in [0.5, 0.6) is 0 Å². The summed E-state index contributed by atoms with van der Waals surface area (Å²) in [5.74, 6) is 0.274. The van der Waals surface area contributed by atoms with Crippen molar-refractivity contribution in [2.24, 2.45) is 5.92 Å². The fourth-order valence-electron chi connectivity index (χ4n) is 1.65. The molecule has 0 heterocycles. The van der Waals surface area contributed by atoms with Gasteiger partial charge in [0.25, 0.3) is 0 Å². The van der Waals surface area contributed by atoms with Crippen molar-refractivity contribution in [3.8, 4) is 0 Å². The van der Waals surface area contributed by atoms with Gasteiger partial charge in [0.2, 0.25) is 0 Å². The smallest absolute Gasteiger partial charge is 0.334 e. The van der Waals surface area contributed by atoms with Crippen molar-refractivity contribution in [3.05, 3.63) is 0 Å². The highest BCUT2D eigenvalue weighted by Gasteiger charge is 2.19. The molecule has 0 spiro atoms. The average molecular weight is 230 g/mol. The molecule has 0 fully saturated rings. The summed E-state index contributed by atoms with van der Waals surface area (Å²) < 4.78 is 10.4. The van der Waals surface area contributed by atoms with Gasteiger partial charge >= 0.3 is 5.97 Å². The minimum absolute atomic E-state index is 0.239. The van der Waals surface area contributed by atoms with Crippen LogP contribution in [0.4, 0.5) is 0 Å². The summed E-state index contributed by atoms with van der Waals surface area (Å²) in [5, 5.41) is 0. The molecule has 0 aliphatic rings. The molecule has 2 atom stereocenters. The Kier molecular flexibility index (Phi) is 9.30. The fraction of sp³-hybridized carbons (Fsp3) is 0.923. The number of carbonyl (C=O) groups is 1. The Hall–Kier alpha value is -0.570. The summed E-state index contributed by atoms with van der Waals surface area (Å²) in [7, 11) is 1.42. The van der Waals surface area contributed by atoms with E-state index in [2.05, 4.69) is 20.8 Å². The van der Waals surface area contributed by atoms with Crippen molar-refractivity contribution in [3.63, 3.8) is 0 Å². The molecule has 0 aromatic heterocycles. The molecule has 0 bridgehead atoms. The molecule has 3 heteroatoms. The molecule has 0 rings (SSSR count). The van der Waals surface area contributed by atoms with Crippen molar-refractivity contribution in [1.29, 1.82) is 0 Å². The first kappa shape index (κ1) is 15.4. The van der Waals surface area contributed by atoms with Crippen LogP contribution in [0, 0.1) is 5.92 Å². The van der Waals surface area contributed by atoms with Gasteiger partial charge in [-0.3, -0.25) is 0 Å². The van der Waals surface area contributed by atoms with E-state index in [1.165, 1.54) is 7.11 Å². The number of methoxy groups -OCH3 is 1. The highest BCUT2D eigenvalue weighted by Crippen LogP contribution is 2.11. The van der Waals surface area contributed by atoms with E-state index in [0.717, 1.165) is 32.1 Å². The Morgan fingerprint density at radius 2 is 1.88 bits per heavy atom. The number of ether oxygens (including phenoxy) is 2. The van der Waals surface area contributed by atoms with E-state index < -0.39 is 0 Å². The predicted octanol–water partition coefficient (Wildman–Crippen LogP) is 3.17. The first-order chi connectivity index (χ1) is 7.65. The Labute approximate surface area is 99.5 Å². The summed E-state index contributed by atoms with van der Waals surface area (Å²) >= 11 is 0. The molecule has 0 aliphatic carbocycles. The number of hydrogen-bond acceptors (Lipinski definition) is 3. The first-order valence-electron chi connectivity index (χ1n) is 6.35. The lowest BCUT2D eigenvalue weighted by Crippen LogP contribution is -2.27. The number of unbranched alkanes of at least 4 members (excludes halogenated alkanes) is 1. The molecule has 0 radical (unpaired) electrons. The predicted molar refractivity (Wildman–Crippen MR) is 65.4 cm³/mol. The van der Waals surface area contributed by atoms with Crippen LogP contribution in [-0.2, 0) is 14.3 Å². The van der Waals surface area contributed by atoms with Gasteiger partial charge < -0.3 is 9.47 Å². The highest BCUT2D eigenvalue weighted by atomic mass is 16.6. The van der Waals surface area contributed by atoms with Crippen LogP contribution in [0.3, 0.4) is 0 Å². The topological polar surface area (TPSA) is 35.5 Å². The van der Waals surface area contributed by atoms with Crippen LogP contribution in [-0.4, -0.2) is 25.8 Å². The van der Waals surface area contributed by atoms with Crippen LogP contribution in [0.2, 0.25) is 0 Å². The lowest BCUT2D eigenvalue weighted by molar-refractivity contribution is -0.155. The third-order valence-electron chi connectivity index (χ3n) is 2.65. The van der Waals surface area contributed by atoms with E-state index in [-0.39, 0.29) is 12.1 Å². The van der Waals surface area contributed by atoms with Gasteiger partial charge in [-0.2, -0.15) is 0 Å². The molecule has 0 amide bonds. The van der Waals surface area contributed by atoms with Gasteiger partial charge in [-0.05, 0) is 18.8 Å². The molecule has 0 saturated carbocycles. The highest BCUT2D eigenvalue weighted by molar-refractivity contribution is 5.74. The summed E-state index contributed by atoms with van der Waals surface area (Å²) in [5.41, 5.74) is 0. The van der Waals surface area contributed by atoms with Crippen molar-refractivity contribution in [2.45, 2.75) is 59.0 Å². The van der Waals surface area contributed by atoms with E-state index in [0.29, 0.717) is 12.5 Å². The minimum Gasteiger partial charge on any atom is -0.467 e. The zero-order valence-corrected chi connectivity index (χ0v) is 11.1. The van der Waals surface area contributed by atoms with Crippen LogP contribution >= 0.6 is 0 Å². The maximum atomic E-state index is 11.4. The van der Waals surface area contributed by atoms with E-state index in [4.69, 9.17) is 9.47 Å². The van der Waals surface area contributed by atoms with Gasteiger partial charge in [0.15, 0.2) is 6.10 Å². The Balaban J connectivity index is 3.95. The summed E-state index contributed by atoms with van der Waals surface area (Å²) in [6.45, 7) is 7.06. The lowest BCUT2D eigenvalue weighted by Gasteiger charge is -2.18. The van der Waals surface area contributed by atoms with E-state index in [9.17, 15) is 4.79 Å². The lowest BCUT2D eigenvalue weighted by atomic mass is 10.1. The summed E-state index contributed by atoms with van der Waals surface area (Å²) in [4.78, 5) is 11.4. The quantitative estimate of drug-likeness (QED) is 0.571. The first-order valence-corrected chi connectivity index (χ1v) is 6.35. The molecule has 16 heavy (non-hydrogen) atoms. The van der Waals surface area contributed by atoms with Gasteiger partial charge in [0.1, 0.15) is 0 Å². The normalized spacial score (nSPS) is 14.5. The molecule has 3 nitrogen and oxygen atoms in total. The van der Waals surface area contributed by atoms with E-state index in [1.54, 1.807) is 0 Å². The van der Waals surface area contributed by atoms with Crippen molar-refractivity contribution < 1.29 is 14.3 Å². The summed E-state index contributed by atoms with van der Waals surface area (Å²) in [6.07, 6.45) is 4.76. The molecular weight excluding hydrogens is 204 g/mol. The van der Waals surface area contributed by atoms with E-state index in [1.807, 2.05) is 0 Å². The van der Waals surface area contributed by atoms with Gasteiger partial charge in [0, 0.05) is 0 Å². The standard InChI is InChI=1S/C13H26O3/c1-5-7-9-12(13(14)15-4)16-10-11(3)8-6-2/h11-12H,5-10H2,1-4H3. The zero-order valence-electron chi connectivity index (χ0n) is 11.1. The summed E-state index contributed by atoms with van der Waals surface area (Å²) in [6, 6.07) is 0. The molecule has 0 aromatic rings. The van der Waals surface area contributed by atoms with Crippen LogP contribution < -0.4 is 0 Å². The Morgan fingerprint density at radius 1 is 1.19 bits per heavy atom. The monoisotopic (exact) mass is 230 g/mol. The van der Waals surface area contributed by atoms with Gasteiger partial charge in [-0.1, -0.05) is 40.0 Å². The van der Waals surface area contributed by atoms with E-state index >= 15 is 0 Å². The second-order valence-corrected chi connectivity index (χ2v) is 4.38.